The van der Waals surface area contributed by atoms with Gasteiger partial charge in [0.05, 0.1) is 27.5 Å². The van der Waals surface area contributed by atoms with Crippen LogP contribution in [0.2, 0.25) is 0 Å². The summed E-state index contributed by atoms with van der Waals surface area (Å²) in [6.45, 7) is 6.97. The van der Waals surface area contributed by atoms with E-state index in [2.05, 4.69) is 168 Å². The lowest BCUT2D eigenvalue weighted by Gasteiger charge is -2.42. The third kappa shape index (κ3) is 2.60. The number of hydrogen-bond donors (Lipinski definition) is 0. The molecule has 0 bridgehead atoms. The first-order valence-corrected chi connectivity index (χ1v) is 18.1. The zero-order valence-electron chi connectivity index (χ0n) is 28.6. The molecule has 0 amide bonds. The van der Waals surface area contributed by atoms with Gasteiger partial charge >= 0.3 is 11.3 Å². The van der Waals surface area contributed by atoms with Crippen molar-refractivity contribution < 1.29 is 9.13 Å². The van der Waals surface area contributed by atoms with Crippen molar-refractivity contribution in [3.8, 4) is 22.4 Å². The Morgan fingerprint density at radius 3 is 2.12 bits per heavy atom. The molecule has 4 aliphatic rings. The van der Waals surface area contributed by atoms with Crippen LogP contribution in [0.25, 0.3) is 60.9 Å². The predicted molar refractivity (Wildman–Crippen MR) is 201 cm³/mol. The second-order valence-corrected chi connectivity index (χ2v) is 15.9. The Bertz CT molecular complexity index is 3090. The van der Waals surface area contributed by atoms with Crippen molar-refractivity contribution in [2.24, 2.45) is 0 Å². The molecule has 0 N–H and O–H groups in total. The number of para-hydroxylation sites is 2. The number of nitrogens with zero attached hydrogens (tertiary/aromatic N) is 4. The maximum Gasteiger partial charge on any atom is 0.365 e. The third-order valence-corrected chi connectivity index (χ3v) is 12.8. The third-order valence-electron chi connectivity index (χ3n) is 12.8. The van der Waals surface area contributed by atoms with E-state index in [1.807, 2.05) is 6.20 Å². The highest BCUT2D eigenvalue weighted by Crippen LogP contribution is 2.65. The Kier molecular flexibility index (Phi) is 4.32. The molecule has 2 aliphatic heterocycles. The maximum atomic E-state index is 5.12. The molecule has 51 heavy (non-hydrogen) atoms. The second-order valence-electron chi connectivity index (χ2n) is 15.9. The van der Waals surface area contributed by atoms with Crippen molar-refractivity contribution in [2.75, 3.05) is 0 Å². The zero-order chi connectivity index (χ0) is 33.6. The summed E-state index contributed by atoms with van der Waals surface area (Å²) in [5, 5.41) is 2.51. The molecule has 4 heteroatoms. The van der Waals surface area contributed by atoms with Gasteiger partial charge in [-0.3, -0.25) is 4.98 Å². The summed E-state index contributed by atoms with van der Waals surface area (Å²) in [5.41, 5.74) is 19.5. The topological polar surface area (TPSA) is 25.1 Å². The van der Waals surface area contributed by atoms with Crippen molar-refractivity contribution in [3.63, 3.8) is 0 Å². The van der Waals surface area contributed by atoms with Gasteiger partial charge in [-0.1, -0.05) is 106 Å². The van der Waals surface area contributed by atoms with Gasteiger partial charge < -0.3 is 0 Å². The smallest absolute Gasteiger partial charge is 0.252 e. The zero-order valence-corrected chi connectivity index (χ0v) is 28.6. The fourth-order valence-corrected chi connectivity index (χ4v) is 11.0. The minimum Gasteiger partial charge on any atom is -0.252 e. The molecule has 0 saturated carbocycles. The average Bonchev–Trinajstić information content (AvgIpc) is 3.86. The van der Waals surface area contributed by atoms with Crippen molar-refractivity contribution >= 4 is 38.5 Å². The van der Waals surface area contributed by atoms with E-state index in [0.29, 0.717) is 0 Å². The van der Waals surface area contributed by atoms with Crippen molar-refractivity contribution in [2.45, 2.75) is 37.3 Å². The van der Waals surface area contributed by atoms with Crippen molar-refractivity contribution in [3.05, 3.63) is 179 Å². The minimum absolute atomic E-state index is 0.00429. The van der Waals surface area contributed by atoms with E-state index in [0.717, 1.165) is 11.0 Å². The number of fused-ring (bicyclic) bond motifs is 15. The van der Waals surface area contributed by atoms with Gasteiger partial charge in [-0.15, -0.1) is 9.13 Å². The van der Waals surface area contributed by atoms with Gasteiger partial charge in [0, 0.05) is 23.7 Å². The molecule has 4 aromatic heterocycles. The molecule has 1 unspecified atom stereocenters. The molecule has 2 spiro atoms. The van der Waals surface area contributed by atoms with Gasteiger partial charge in [-0.2, -0.15) is 4.40 Å². The van der Waals surface area contributed by atoms with Crippen LogP contribution in [0.4, 0.5) is 0 Å². The van der Waals surface area contributed by atoms with Crippen LogP contribution in [0, 0.1) is 0 Å². The Morgan fingerprint density at radius 1 is 0.627 bits per heavy atom. The summed E-state index contributed by atoms with van der Waals surface area (Å²) in [4.78, 5) is 5.12. The van der Waals surface area contributed by atoms with Crippen LogP contribution in [0.15, 0.2) is 140 Å². The van der Waals surface area contributed by atoms with Gasteiger partial charge in [0.2, 0.25) is 5.69 Å². The fraction of sp³-hybridized carbons (Fsp3) is 0.128. The number of rotatable bonds is 0. The quantitative estimate of drug-likeness (QED) is 0.119. The molecule has 0 radical (unpaired) electrons. The van der Waals surface area contributed by atoms with Crippen LogP contribution in [0.3, 0.4) is 0 Å². The van der Waals surface area contributed by atoms with Gasteiger partial charge in [0.15, 0.2) is 22.7 Å². The van der Waals surface area contributed by atoms with E-state index in [-0.39, 0.29) is 5.41 Å². The van der Waals surface area contributed by atoms with Crippen LogP contribution in [-0.4, -0.2) is 9.38 Å². The van der Waals surface area contributed by atoms with Gasteiger partial charge in [0.1, 0.15) is 5.52 Å². The van der Waals surface area contributed by atoms with Crippen LogP contribution >= 0.6 is 0 Å². The molecule has 9 aromatic rings. The van der Waals surface area contributed by atoms with E-state index in [1.165, 1.54) is 88.8 Å². The summed E-state index contributed by atoms with van der Waals surface area (Å²) in [6.07, 6.45) is 4.35. The van der Waals surface area contributed by atoms with E-state index in [1.54, 1.807) is 0 Å². The molecular formula is C47H32N4+2. The Labute approximate surface area is 294 Å². The molecular weight excluding hydrogens is 621 g/mol. The van der Waals surface area contributed by atoms with E-state index in [4.69, 9.17) is 4.98 Å². The van der Waals surface area contributed by atoms with Crippen LogP contribution in [-0.2, 0) is 16.5 Å². The first-order chi connectivity index (χ1) is 25.0. The molecule has 0 fully saturated rings. The van der Waals surface area contributed by atoms with Crippen LogP contribution in [0.1, 0.15) is 59.7 Å². The largest absolute Gasteiger partial charge is 0.365 e. The number of hydrogen-bond acceptors (Lipinski definition) is 1. The predicted octanol–water partition coefficient (Wildman–Crippen LogP) is 8.93. The van der Waals surface area contributed by atoms with Crippen molar-refractivity contribution in [1.82, 2.24) is 9.38 Å². The van der Waals surface area contributed by atoms with Gasteiger partial charge in [-0.25, -0.2) is 0 Å². The number of imidazole rings is 1. The normalized spacial score (nSPS) is 17.9. The Balaban J connectivity index is 1.37. The molecule has 1 atom stereocenters. The van der Waals surface area contributed by atoms with E-state index in [9.17, 15) is 0 Å². The number of pyridine rings is 3. The lowest BCUT2D eigenvalue weighted by Crippen LogP contribution is -2.73. The number of benzene rings is 5. The highest BCUT2D eigenvalue weighted by Gasteiger charge is 2.72. The Hall–Kier alpha value is -6.13. The van der Waals surface area contributed by atoms with E-state index < -0.39 is 11.1 Å². The first kappa shape index (κ1) is 26.7. The molecule has 238 valence electrons. The summed E-state index contributed by atoms with van der Waals surface area (Å²) in [6, 6.07) is 48.5. The highest BCUT2D eigenvalue weighted by molar-refractivity contribution is 6.15. The summed E-state index contributed by atoms with van der Waals surface area (Å²) in [5.74, 6) is 0. The minimum atomic E-state index is -0.641. The number of aromatic nitrogens is 4. The standard InChI is InChI=1S/C47H32N4/c1-45(2,3)27-23-25-49-39(26-27)30-14-10-17-34-41(30)47(49)42-35(46(34)32-15-6-4-12-28(32)29-13-5-7-16-33(29)46)22-21-31-40(42)44-50(38-20-11-24-48-43(31)38)36-18-8-9-19-37(36)51(44)47/h4-26H,1-3H3/q+2. The monoisotopic (exact) mass is 652 g/mol. The molecule has 2 aliphatic carbocycles. The first-order valence-electron chi connectivity index (χ1n) is 18.1. The molecule has 5 aromatic carbocycles. The van der Waals surface area contributed by atoms with E-state index >= 15 is 0 Å². The van der Waals surface area contributed by atoms with Gasteiger partial charge in [0.25, 0.3) is 0 Å². The maximum absolute atomic E-state index is 5.12. The van der Waals surface area contributed by atoms with Crippen molar-refractivity contribution in [1.29, 1.82) is 0 Å². The average molecular weight is 653 g/mol. The fourth-order valence-electron chi connectivity index (χ4n) is 11.0. The molecule has 6 heterocycles. The summed E-state index contributed by atoms with van der Waals surface area (Å²) < 4.78 is 7.82. The van der Waals surface area contributed by atoms with Crippen LogP contribution in [0.5, 0.6) is 0 Å². The molecule has 0 saturated heterocycles. The lowest BCUT2D eigenvalue weighted by atomic mass is 9.58. The Morgan fingerprint density at radius 2 is 1.31 bits per heavy atom. The summed E-state index contributed by atoms with van der Waals surface area (Å²) >= 11 is 0. The molecule has 13 rings (SSSR count). The second kappa shape index (κ2) is 8.25. The molecule has 4 nitrogen and oxygen atoms in total. The SMILES string of the molecule is CC(C)(C)c1cc[n+]2c(c1)-c1cccc3c1C21c2c(ccc4c5ncccc5n5c6ccccc6[n+]1c5c24)C31c2ccccc2-c2ccccc21. The van der Waals surface area contributed by atoms with Gasteiger partial charge in [-0.05, 0) is 74.7 Å². The summed E-state index contributed by atoms with van der Waals surface area (Å²) in [7, 11) is 0. The van der Waals surface area contributed by atoms with Crippen LogP contribution < -0.4 is 9.13 Å². The lowest BCUT2D eigenvalue weighted by molar-refractivity contribution is -0.940. The highest BCUT2D eigenvalue weighted by atomic mass is 15.3.